The first-order valence-electron chi connectivity index (χ1n) is 8.80. The van der Waals surface area contributed by atoms with Crippen LogP contribution in [0.1, 0.15) is 20.8 Å². The van der Waals surface area contributed by atoms with Crippen molar-refractivity contribution in [3.05, 3.63) is 22.6 Å². The highest BCUT2D eigenvalue weighted by Crippen LogP contribution is 2.21. The van der Waals surface area contributed by atoms with Gasteiger partial charge in [0, 0.05) is 31.7 Å². The van der Waals surface area contributed by atoms with Crippen LogP contribution in [0.5, 0.6) is 0 Å². The molecule has 0 bridgehead atoms. The smallest absolute Gasteiger partial charge is 0.410 e. The molecule has 10 heteroatoms. The number of anilines is 1. The zero-order valence-electron chi connectivity index (χ0n) is 16.6. The molecular formula is C18H23N5O4S. The summed E-state index contributed by atoms with van der Waals surface area (Å²) in [5.74, 6) is -0.338. The molecule has 28 heavy (non-hydrogen) atoms. The van der Waals surface area contributed by atoms with Crippen LogP contribution in [-0.4, -0.2) is 62.9 Å². The van der Waals surface area contributed by atoms with Gasteiger partial charge in [0.15, 0.2) is 5.16 Å². The van der Waals surface area contributed by atoms with Gasteiger partial charge in [-0.1, -0.05) is 11.8 Å². The monoisotopic (exact) mass is 405 g/mol. The standard InChI is InChI=1S/C18H23N5O4S/c1-18(2,3)27-17(26)22-6-7-23(13(24)10-22)12-8-11-9-19-16(28-5)20-14(11)21(4)15(12)25/h8-9H,6-7,10H2,1-5H3. The number of carbonyl (C=O) groups is 2. The summed E-state index contributed by atoms with van der Waals surface area (Å²) in [6, 6.07) is 1.63. The van der Waals surface area contributed by atoms with E-state index >= 15 is 0 Å². The van der Waals surface area contributed by atoms with Crippen molar-refractivity contribution in [2.75, 3.05) is 30.8 Å². The summed E-state index contributed by atoms with van der Waals surface area (Å²) in [4.78, 5) is 49.1. The minimum atomic E-state index is -0.638. The lowest BCUT2D eigenvalue weighted by molar-refractivity contribution is -0.121. The van der Waals surface area contributed by atoms with Gasteiger partial charge in [0.2, 0.25) is 5.91 Å². The minimum Gasteiger partial charge on any atom is -0.444 e. The van der Waals surface area contributed by atoms with Gasteiger partial charge in [-0.2, -0.15) is 0 Å². The highest BCUT2D eigenvalue weighted by atomic mass is 32.2. The number of thioether (sulfide) groups is 1. The zero-order chi connectivity index (χ0) is 20.6. The molecule has 1 aliphatic heterocycles. The molecule has 0 saturated carbocycles. The van der Waals surface area contributed by atoms with Crippen LogP contribution < -0.4 is 10.5 Å². The maximum atomic E-state index is 12.8. The number of ether oxygens (including phenoxy) is 1. The predicted molar refractivity (Wildman–Crippen MR) is 107 cm³/mol. The van der Waals surface area contributed by atoms with E-state index in [1.165, 1.54) is 26.1 Å². The Labute approximate surface area is 166 Å². The van der Waals surface area contributed by atoms with Crippen LogP contribution in [0.25, 0.3) is 11.0 Å². The van der Waals surface area contributed by atoms with Crippen molar-refractivity contribution in [3.8, 4) is 0 Å². The number of aryl methyl sites for hydroxylation is 1. The number of pyridine rings is 1. The van der Waals surface area contributed by atoms with E-state index in [1.807, 2.05) is 6.26 Å². The fourth-order valence-corrected chi connectivity index (χ4v) is 3.25. The van der Waals surface area contributed by atoms with Crippen molar-refractivity contribution in [1.82, 2.24) is 19.4 Å². The lowest BCUT2D eigenvalue weighted by Crippen LogP contribution is -2.54. The van der Waals surface area contributed by atoms with E-state index in [2.05, 4.69) is 9.97 Å². The lowest BCUT2D eigenvalue weighted by atomic mass is 10.2. The summed E-state index contributed by atoms with van der Waals surface area (Å²) in [7, 11) is 1.62. The first kappa shape index (κ1) is 20.1. The third-order valence-electron chi connectivity index (χ3n) is 4.25. The Morgan fingerprint density at radius 2 is 1.96 bits per heavy atom. The van der Waals surface area contributed by atoms with Gasteiger partial charge in [0.1, 0.15) is 23.5 Å². The van der Waals surface area contributed by atoms with Crippen molar-refractivity contribution in [1.29, 1.82) is 0 Å². The molecule has 0 spiro atoms. The van der Waals surface area contributed by atoms with Crippen LogP contribution in [0.15, 0.2) is 22.2 Å². The van der Waals surface area contributed by atoms with E-state index in [0.29, 0.717) is 16.2 Å². The molecule has 0 aromatic carbocycles. The van der Waals surface area contributed by atoms with E-state index in [0.717, 1.165) is 0 Å². The molecule has 2 aromatic rings. The van der Waals surface area contributed by atoms with Crippen molar-refractivity contribution < 1.29 is 14.3 Å². The molecule has 2 amide bonds. The molecule has 0 unspecified atom stereocenters. The Bertz CT molecular complexity index is 998. The van der Waals surface area contributed by atoms with Crippen LogP contribution in [0.2, 0.25) is 0 Å². The van der Waals surface area contributed by atoms with E-state index in [9.17, 15) is 14.4 Å². The summed E-state index contributed by atoms with van der Waals surface area (Å²) in [6.07, 6.45) is 2.96. The van der Waals surface area contributed by atoms with E-state index in [1.54, 1.807) is 40.1 Å². The quantitative estimate of drug-likeness (QED) is 0.553. The van der Waals surface area contributed by atoms with Gasteiger partial charge in [0.25, 0.3) is 5.56 Å². The summed E-state index contributed by atoms with van der Waals surface area (Å²) in [6.45, 7) is 5.66. The normalized spacial score (nSPS) is 15.2. The van der Waals surface area contributed by atoms with Gasteiger partial charge in [0.05, 0.1) is 0 Å². The average molecular weight is 405 g/mol. The molecule has 150 valence electrons. The fraction of sp³-hybridized carbons (Fsp3) is 0.500. The van der Waals surface area contributed by atoms with Gasteiger partial charge in [-0.25, -0.2) is 14.8 Å². The van der Waals surface area contributed by atoms with Crippen molar-refractivity contribution in [2.24, 2.45) is 7.05 Å². The molecule has 0 radical (unpaired) electrons. The Hall–Kier alpha value is -2.62. The van der Waals surface area contributed by atoms with E-state index < -0.39 is 11.7 Å². The highest BCUT2D eigenvalue weighted by Gasteiger charge is 2.32. The summed E-state index contributed by atoms with van der Waals surface area (Å²) < 4.78 is 6.74. The molecule has 2 aromatic heterocycles. The predicted octanol–water partition coefficient (Wildman–Crippen LogP) is 1.63. The molecule has 0 atom stereocenters. The van der Waals surface area contributed by atoms with Crippen LogP contribution in [-0.2, 0) is 16.6 Å². The van der Waals surface area contributed by atoms with Gasteiger partial charge >= 0.3 is 6.09 Å². The Balaban J connectivity index is 1.88. The van der Waals surface area contributed by atoms with Crippen LogP contribution in [0.4, 0.5) is 10.5 Å². The number of amides is 2. The first-order chi connectivity index (χ1) is 13.1. The van der Waals surface area contributed by atoms with Crippen molar-refractivity contribution in [3.63, 3.8) is 0 Å². The lowest BCUT2D eigenvalue weighted by Gasteiger charge is -2.35. The largest absolute Gasteiger partial charge is 0.444 e. The van der Waals surface area contributed by atoms with Gasteiger partial charge in [-0.3, -0.25) is 19.1 Å². The topological polar surface area (TPSA) is 97.6 Å². The number of hydrogen-bond donors (Lipinski definition) is 0. The van der Waals surface area contributed by atoms with Gasteiger partial charge in [-0.05, 0) is 33.1 Å². The third kappa shape index (κ3) is 3.96. The van der Waals surface area contributed by atoms with Gasteiger partial charge < -0.3 is 9.64 Å². The number of piperazine rings is 1. The second-order valence-electron chi connectivity index (χ2n) is 7.48. The Kier molecular flexibility index (Phi) is 5.33. The summed E-state index contributed by atoms with van der Waals surface area (Å²) in [5.41, 5.74) is -0.198. The molecular weight excluding hydrogens is 382 g/mol. The number of fused-ring (bicyclic) bond motifs is 1. The van der Waals surface area contributed by atoms with Crippen LogP contribution in [0.3, 0.4) is 0 Å². The fourth-order valence-electron chi connectivity index (χ4n) is 2.92. The SMILES string of the molecule is CSc1ncc2cc(N3CCN(C(=O)OC(C)(C)C)CC3=O)c(=O)n(C)c2n1. The molecule has 0 N–H and O–H groups in total. The zero-order valence-corrected chi connectivity index (χ0v) is 17.4. The third-order valence-corrected chi connectivity index (χ3v) is 4.82. The molecule has 3 heterocycles. The molecule has 1 saturated heterocycles. The number of nitrogens with zero attached hydrogens (tertiary/aromatic N) is 5. The highest BCUT2D eigenvalue weighted by molar-refractivity contribution is 7.98. The van der Waals surface area contributed by atoms with Gasteiger partial charge in [-0.15, -0.1) is 0 Å². The Morgan fingerprint density at radius 1 is 1.25 bits per heavy atom. The maximum absolute atomic E-state index is 12.8. The number of rotatable bonds is 2. The summed E-state index contributed by atoms with van der Waals surface area (Å²) >= 11 is 1.39. The minimum absolute atomic E-state index is 0.141. The van der Waals surface area contributed by atoms with E-state index in [-0.39, 0.29) is 36.8 Å². The maximum Gasteiger partial charge on any atom is 0.410 e. The molecule has 1 fully saturated rings. The summed E-state index contributed by atoms with van der Waals surface area (Å²) in [5, 5.41) is 1.23. The number of carbonyl (C=O) groups excluding carboxylic acids is 2. The Morgan fingerprint density at radius 3 is 2.57 bits per heavy atom. The molecule has 1 aliphatic rings. The molecule has 0 aliphatic carbocycles. The first-order valence-corrected chi connectivity index (χ1v) is 10.0. The van der Waals surface area contributed by atoms with E-state index in [4.69, 9.17) is 4.74 Å². The number of aromatic nitrogens is 3. The van der Waals surface area contributed by atoms with Crippen molar-refractivity contribution in [2.45, 2.75) is 31.5 Å². The van der Waals surface area contributed by atoms with Crippen molar-refractivity contribution >= 4 is 40.5 Å². The molecule has 9 nitrogen and oxygen atoms in total. The van der Waals surface area contributed by atoms with Crippen LogP contribution in [0, 0.1) is 0 Å². The average Bonchev–Trinajstić information content (AvgIpc) is 2.63. The second-order valence-corrected chi connectivity index (χ2v) is 8.25. The number of hydrogen-bond acceptors (Lipinski definition) is 7. The second kappa shape index (κ2) is 7.42. The molecule has 3 rings (SSSR count). The van der Waals surface area contributed by atoms with Crippen LogP contribution >= 0.6 is 11.8 Å².